The van der Waals surface area contributed by atoms with Crippen molar-refractivity contribution in [1.29, 1.82) is 0 Å². The van der Waals surface area contributed by atoms with Gasteiger partial charge in [-0.2, -0.15) is 0 Å². The van der Waals surface area contributed by atoms with Crippen molar-refractivity contribution in [2.24, 2.45) is 5.92 Å². The van der Waals surface area contributed by atoms with Gasteiger partial charge in [0.05, 0.1) is 14.2 Å². The molecule has 2 amide bonds. The minimum Gasteiger partial charge on any atom is -0.497 e. The lowest BCUT2D eigenvalue weighted by atomic mass is 9.95. The Morgan fingerprint density at radius 2 is 1.44 bits per heavy atom. The minimum atomic E-state index is -0.134. The lowest BCUT2D eigenvalue weighted by molar-refractivity contribution is -0.121. The summed E-state index contributed by atoms with van der Waals surface area (Å²) in [7, 11) is 3.12. The van der Waals surface area contributed by atoms with Crippen molar-refractivity contribution in [3.05, 3.63) is 83.9 Å². The molecule has 7 heteroatoms. The summed E-state index contributed by atoms with van der Waals surface area (Å²) >= 11 is 0. The molecule has 0 bridgehead atoms. The maximum atomic E-state index is 13.0. The highest BCUT2D eigenvalue weighted by Gasteiger charge is 2.28. The number of amides is 2. The molecule has 36 heavy (non-hydrogen) atoms. The fraction of sp³-hybridized carbons (Fsp3) is 0.310. The van der Waals surface area contributed by atoms with Crippen molar-refractivity contribution in [2.45, 2.75) is 25.8 Å². The number of hydrogen-bond acceptors (Lipinski definition) is 5. The van der Waals surface area contributed by atoms with Crippen molar-refractivity contribution < 1.29 is 19.1 Å². The van der Waals surface area contributed by atoms with E-state index in [0.717, 1.165) is 11.4 Å². The van der Waals surface area contributed by atoms with Crippen LogP contribution in [0, 0.1) is 5.92 Å². The van der Waals surface area contributed by atoms with Crippen LogP contribution in [0.2, 0.25) is 0 Å². The van der Waals surface area contributed by atoms with Gasteiger partial charge in [-0.3, -0.25) is 9.59 Å². The summed E-state index contributed by atoms with van der Waals surface area (Å²) < 4.78 is 10.6. The van der Waals surface area contributed by atoms with Crippen LogP contribution in [-0.4, -0.2) is 44.0 Å². The summed E-state index contributed by atoms with van der Waals surface area (Å²) in [4.78, 5) is 27.7. The number of likely N-dealkylation sites (tertiary alicyclic amines) is 1. The quantitative estimate of drug-likeness (QED) is 0.447. The predicted octanol–water partition coefficient (Wildman–Crippen LogP) is 5.37. The van der Waals surface area contributed by atoms with E-state index in [0.29, 0.717) is 43.0 Å². The number of benzene rings is 3. The molecule has 0 saturated carbocycles. The summed E-state index contributed by atoms with van der Waals surface area (Å²) in [5.41, 5.74) is 3.49. The summed E-state index contributed by atoms with van der Waals surface area (Å²) in [6.45, 7) is 3.17. The SMILES string of the molecule is COc1cc(OC)cc(C(=O)N2CCC(C(=O)Nc3ccc(NC(C)c4ccccc4)cc3)CC2)c1. The third kappa shape index (κ3) is 6.16. The van der Waals surface area contributed by atoms with E-state index in [1.807, 2.05) is 42.5 Å². The van der Waals surface area contributed by atoms with Crippen LogP contribution in [0.15, 0.2) is 72.8 Å². The number of hydrogen-bond donors (Lipinski definition) is 2. The van der Waals surface area contributed by atoms with Gasteiger partial charge in [0, 0.05) is 48.1 Å². The molecule has 0 radical (unpaired) electrons. The number of anilines is 2. The molecule has 3 aromatic carbocycles. The zero-order valence-electron chi connectivity index (χ0n) is 21.0. The Labute approximate surface area is 212 Å². The number of methoxy groups -OCH3 is 2. The first kappa shape index (κ1) is 25.1. The molecule has 1 aliphatic heterocycles. The van der Waals surface area contributed by atoms with Crippen LogP contribution < -0.4 is 20.1 Å². The molecule has 7 nitrogen and oxygen atoms in total. The molecule has 0 aliphatic carbocycles. The first-order valence-electron chi connectivity index (χ1n) is 12.2. The Balaban J connectivity index is 1.29. The number of nitrogens with zero attached hydrogens (tertiary/aromatic N) is 1. The molecule has 1 saturated heterocycles. The Morgan fingerprint density at radius 1 is 0.861 bits per heavy atom. The molecule has 4 rings (SSSR count). The second-order valence-corrected chi connectivity index (χ2v) is 9.01. The van der Waals surface area contributed by atoms with Gasteiger partial charge in [0.1, 0.15) is 11.5 Å². The van der Waals surface area contributed by atoms with Crippen molar-refractivity contribution in [1.82, 2.24) is 4.90 Å². The van der Waals surface area contributed by atoms with Gasteiger partial charge in [-0.25, -0.2) is 0 Å². The Kier molecular flexibility index (Phi) is 8.10. The molecule has 2 N–H and O–H groups in total. The highest BCUT2D eigenvalue weighted by atomic mass is 16.5. The van der Waals surface area contributed by atoms with Crippen molar-refractivity contribution >= 4 is 23.2 Å². The van der Waals surface area contributed by atoms with Crippen molar-refractivity contribution in [2.75, 3.05) is 37.9 Å². The smallest absolute Gasteiger partial charge is 0.254 e. The van der Waals surface area contributed by atoms with Gasteiger partial charge in [-0.05, 0) is 61.7 Å². The molecule has 1 atom stereocenters. The number of ether oxygens (including phenoxy) is 2. The second-order valence-electron chi connectivity index (χ2n) is 9.01. The molecule has 1 unspecified atom stereocenters. The molecular weight excluding hydrogens is 454 g/mol. The van der Waals surface area contributed by atoms with Crippen LogP contribution in [0.25, 0.3) is 0 Å². The van der Waals surface area contributed by atoms with Crippen molar-refractivity contribution in [3.8, 4) is 11.5 Å². The Bertz CT molecular complexity index is 1150. The summed E-state index contributed by atoms with van der Waals surface area (Å²) in [5.74, 6) is 0.914. The third-order valence-corrected chi connectivity index (χ3v) is 6.59. The van der Waals surface area contributed by atoms with Gasteiger partial charge in [-0.1, -0.05) is 30.3 Å². The molecule has 1 fully saturated rings. The standard InChI is InChI=1S/C29H33N3O4/c1-20(21-7-5-4-6-8-21)30-24-9-11-25(12-10-24)31-28(33)22-13-15-32(16-14-22)29(34)23-17-26(35-2)19-27(18-23)36-3/h4-12,17-20,22,30H,13-16H2,1-3H3,(H,31,33). The van der Waals surface area contributed by atoms with E-state index in [9.17, 15) is 9.59 Å². The van der Waals surface area contributed by atoms with Crippen LogP contribution in [0.4, 0.5) is 11.4 Å². The van der Waals surface area contributed by atoms with Crippen LogP contribution in [-0.2, 0) is 4.79 Å². The van der Waals surface area contributed by atoms with E-state index in [1.165, 1.54) is 5.56 Å². The number of rotatable bonds is 8. The van der Waals surface area contributed by atoms with E-state index in [2.05, 4.69) is 29.7 Å². The number of carbonyl (C=O) groups is 2. The number of carbonyl (C=O) groups excluding carboxylic acids is 2. The van der Waals surface area contributed by atoms with Gasteiger partial charge in [0.2, 0.25) is 5.91 Å². The first-order valence-corrected chi connectivity index (χ1v) is 12.2. The van der Waals surface area contributed by atoms with Crippen LogP contribution >= 0.6 is 0 Å². The summed E-state index contributed by atoms with van der Waals surface area (Å²) in [6.07, 6.45) is 1.24. The fourth-order valence-corrected chi connectivity index (χ4v) is 4.43. The Morgan fingerprint density at radius 3 is 2.03 bits per heavy atom. The van der Waals surface area contributed by atoms with E-state index >= 15 is 0 Å². The summed E-state index contributed by atoms with van der Waals surface area (Å²) in [5, 5.41) is 6.51. The number of piperidine rings is 1. The van der Waals surface area contributed by atoms with E-state index in [4.69, 9.17) is 9.47 Å². The largest absolute Gasteiger partial charge is 0.497 e. The highest BCUT2D eigenvalue weighted by molar-refractivity contribution is 5.96. The van der Waals surface area contributed by atoms with Gasteiger partial charge < -0.3 is 25.0 Å². The van der Waals surface area contributed by atoms with E-state index < -0.39 is 0 Å². The maximum Gasteiger partial charge on any atom is 0.254 e. The average Bonchev–Trinajstić information content (AvgIpc) is 2.93. The lowest BCUT2D eigenvalue weighted by Gasteiger charge is -2.31. The zero-order chi connectivity index (χ0) is 25.5. The van der Waals surface area contributed by atoms with E-state index in [1.54, 1.807) is 37.3 Å². The highest BCUT2D eigenvalue weighted by Crippen LogP contribution is 2.26. The fourth-order valence-electron chi connectivity index (χ4n) is 4.43. The second kappa shape index (κ2) is 11.6. The topological polar surface area (TPSA) is 79.9 Å². The molecule has 0 spiro atoms. The normalized spacial score (nSPS) is 14.6. The van der Waals surface area contributed by atoms with Crippen molar-refractivity contribution in [3.63, 3.8) is 0 Å². The van der Waals surface area contributed by atoms with Gasteiger partial charge in [-0.15, -0.1) is 0 Å². The van der Waals surface area contributed by atoms with Gasteiger partial charge in [0.25, 0.3) is 5.91 Å². The van der Waals surface area contributed by atoms with E-state index in [-0.39, 0.29) is 23.8 Å². The monoisotopic (exact) mass is 487 g/mol. The van der Waals surface area contributed by atoms with Gasteiger partial charge in [0.15, 0.2) is 0 Å². The van der Waals surface area contributed by atoms with Crippen LogP contribution in [0.5, 0.6) is 11.5 Å². The Hall–Kier alpha value is -4.00. The average molecular weight is 488 g/mol. The molecule has 1 heterocycles. The third-order valence-electron chi connectivity index (χ3n) is 6.59. The maximum absolute atomic E-state index is 13.0. The molecule has 0 aromatic heterocycles. The molecule has 3 aromatic rings. The van der Waals surface area contributed by atoms with Crippen LogP contribution in [0.3, 0.4) is 0 Å². The zero-order valence-corrected chi connectivity index (χ0v) is 21.0. The van der Waals surface area contributed by atoms with Gasteiger partial charge >= 0.3 is 0 Å². The summed E-state index contributed by atoms with van der Waals surface area (Å²) in [6, 6.07) is 23.4. The molecule has 1 aliphatic rings. The predicted molar refractivity (Wildman–Crippen MR) is 142 cm³/mol. The molecular formula is C29H33N3O4. The van der Waals surface area contributed by atoms with Crippen LogP contribution in [0.1, 0.15) is 41.7 Å². The molecule has 188 valence electrons. The number of nitrogens with one attached hydrogen (secondary N) is 2. The lowest BCUT2D eigenvalue weighted by Crippen LogP contribution is -2.41. The first-order chi connectivity index (χ1) is 17.5. The minimum absolute atomic E-state index is 0.0106.